The Morgan fingerprint density at radius 3 is 2.08 bits per heavy atom. The van der Waals surface area contributed by atoms with Crippen LogP contribution in [-0.2, 0) is 9.31 Å². The largest absolute Gasteiger partial charge is 0.494 e. The molecule has 1 fully saturated rings. The highest BCUT2D eigenvalue weighted by Crippen LogP contribution is 2.36. The normalized spacial score (nSPS) is 17.5. The molecule has 1 saturated heterocycles. The topological polar surface area (TPSA) is 79.8 Å². The van der Waals surface area contributed by atoms with Crippen molar-refractivity contribution in [1.29, 1.82) is 0 Å². The van der Waals surface area contributed by atoms with E-state index in [1.807, 2.05) is 65.8 Å². The fourth-order valence-corrected chi connectivity index (χ4v) is 2.16. The van der Waals surface area contributed by atoms with Gasteiger partial charge in [-0.25, -0.2) is 4.79 Å². The molecule has 7 heteroatoms. The fourth-order valence-electron chi connectivity index (χ4n) is 2.16. The molecule has 2 rings (SSSR count). The molecule has 0 aliphatic carbocycles. The van der Waals surface area contributed by atoms with Crippen molar-refractivity contribution < 1.29 is 19.2 Å². The first kappa shape index (κ1) is 21.5. The molecule has 0 bridgehead atoms. The molecule has 1 aliphatic rings. The van der Waals surface area contributed by atoms with Gasteiger partial charge in [0.15, 0.2) is 0 Å². The van der Waals surface area contributed by atoms with E-state index >= 15 is 0 Å². The molecule has 1 aromatic carbocycles. The highest BCUT2D eigenvalue weighted by atomic mass is 16.7. The van der Waals surface area contributed by atoms with Gasteiger partial charge in [-0.05, 0) is 51.7 Å². The lowest BCUT2D eigenvalue weighted by molar-refractivity contribution is 0.00578. The zero-order chi connectivity index (χ0) is 19.1. The van der Waals surface area contributed by atoms with E-state index in [1.165, 1.54) is 0 Å². The zero-order valence-corrected chi connectivity index (χ0v) is 16.2. The number of amides is 2. The first-order chi connectivity index (χ1) is 11.7. The summed E-state index contributed by atoms with van der Waals surface area (Å²) in [6.45, 7) is 12.6. The van der Waals surface area contributed by atoms with Crippen LogP contribution in [0, 0.1) is 0 Å². The van der Waals surface area contributed by atoms with Gasteiger partial charge in [0.25, 0.3) is 0 Å². The Bertz CT molecular complexity index is 531. The first-order valence-electron chi connectivity index (χ1n) is 8.86. The van der Waals surface area contributed by atoms with Crippen molar-refractivity contribution in [2.75, 3.05) is 18.5 Å². The number of hydrogen-bond acceptors (Lipinski definition) is 4. The summed E-state index contributed by atoms with van der Waals surface area (Å²) in [5, 5.41) is 14.1. The molecule has 0 atom stereocenters. The van der Waals surface area contributed by atoms with Crippen LogP contribution < -0.4 is 16.1 Å². The molecule has 0 spiro atoms. The van der Waals surface area contributed by atoms with Crippen molar-refractivity contribution in [1.82, 2.24) is 5.32 Å². The molecule has 2 amide bonds. The highest BCUT2D eigenvalue weighted by molar-refractivity contribution is 6.62. The average Bonchev–Trinajstić information content (AvgIpc) is 2.78. The predicted octanol–water partition coefficient (Wildman–Crippen LogP) is 2.52. The van der Waals surface area contributed by atoms with Crippen molar-refractivity contribution in [3.8, 4) is 0 Å². The molecule has 0 unspecified atom stereocenters. The first-order valence-corrected chi connectivity index (χ1v) is 8.86. The Morgan fingerprint density at radius 1 is 1.08 bits per heavy atom. The van der Waals surface area contributed by atoms with Gasteiger partial charge in [0.2, 0.25) is 0 Å². The number of carbonyl (C=O) groups excluding carboxylic acids is 1. The number of anilines is 1. The summed E-state index contributed by atoms with van der Waals surface area (Å²) in [7, 11) is -0.410. The summed E-state index contributed by atoms with van der Waals surface area (Å²) in [4.78, 5) is 11.6. The highest BCUT2D eigenvalue weighted by Gasteiger charge is 2.51. The van der Waals surface area contributed by atoms with Gasteiger partial charge in [-0.15, -0.1) is 0 Å². The second-order valence-electron chi connectivity index (χ2n) is 6.67. The second kappa shape index (κ2) is 9.22. The number of nitrogens with one attached hydrogen (secondary N) is 2. The molecule has 140 valence electrons. The number of hydrogen-bond donors (Lipinski definition) is 3. The average molecular weight is 350 g/mol. The van der Waals surface area contributed by atoms with Crippen LogP contribution >= 0.6 is 0 Å². The molecular weight excluding hydrogens is 319 g/mol. The van der Waals surface area contributed by atoms with Crippen molar-refractivity contribution in [2.24, 2.45) is 0 Å². The maximum Gasteiger partial charge on any atom is 0.494 e. The van der Waals surface area contributed by atoms with E-state index in [2.05, 4.69) is 10.6 Å². The van der Waals surface area contributed by atoms with E-state index < -0.39 is 7.12 Å². The second-order valence-corrected chi connectivity index (χ2v) is 6.67. The molecule has 0 saturated carbocycles. The van der Waals surface area contributed by atoms with E-state index in [0.717, 1.165) is 5.46 Å². The Kier molecular flexibility index (Phi) is 7.92. The van der Waals surface area contributed by atoms with Crippen LogP contribution in [0.1, 0.15) is 48.0 Å². The summed E-state index contributed by atoms with van der Waals surface area (Å²) in [6, 6.07) is 7.09. The molecule has 1 aromatic rings. The van der Waals surface area contributed by atoms with Crippen LogP contribution in [0.2, 0.25) is 0 Å². The number of urea groups is 1. The summed E-state index contributed by atoms with van der Waals surface area (Å²) in [5.41, 5.74) is 0.851. The van der Waals surface area contributed by atoms with E-state index in [4.69, 9.17) is 14.4 Å². The number of carbonyl (C=O) groups is 1. The minimum Gasteiger partial charge on any atom is -0.399 e. The monoisotopic (exact) mass is 350 g/mol. The van der Waals surface area contributed by atoms with Crippen LogP contribution in [0.4, 0.5) is 10.5 Å². The molecule has 6 nitrogen and oxygen atoms in total. The Labute approximate surface area is 151 Å². The van der Waals surface area contributed by atoms with Gasteiger partial charge in [-0.2, -0.15) is 0 Å². The quantitative estimate of drug-likeness (QED) is 0.563. The maximum absolute atomic E-state index is 11.6. The van der Waals surface area contributed by atoms with E-state index in [-0.39, 0.29) is 23.8 Å². The van der Waals surface area contributed by atoms with Crippen LogP contribution in [0.15, 0.2) is 24.3 Å². The summed E-state index contributed by atoms with van der Waals surface area (Å²) >= 11 is 0. The minimum absolute atomic E-state index is 0.0586. The van der Waals surface area contributed by atoms with E-state index in [0.29, 0.717) is 18.7 Å². The Morgan fingerprint density at radius 2 is 1.60 bits per heavy atom. The van der Waals surface area contributed by atoms with Crippen molar-refractivity contribution in [3.63, 3.8) is 0 Å². The SMILES string of the molecule is CC.CC1(C)OB(c2ccc(NC(=O)NCCCO)cc2)OC1(C)C. The van der Waals surface area contributed by atoms with Crippen molar-refractivity contribution in [3.05, 3.63) is 24.3 Å². The lowest BCUT2D eigenvalue weighted by Gasteiger charge is -2.32. The number of aliphatic hydroxyl groups excluding tert-OH is 1. The molecule has 3 N–H and O–H groups in total. The summed E-state index contributed by atoms with van der Waals surface area (Å²) in [6.07, 6.45) is 0.536. The maximum atomic E-state index is 11.6. The molecule has 0 radical (unpaired) electrons. The molecule has 0 aromatic heterocycles. The van der Waals surface area contributed by atoms with Gasteiger partial charge in [0, 0.05) is 18.8 Å². The number of benzene rings is 1. The Balaban J connectivity index is 0.00000151. The number of aliphatic hydroxyl groups is 1. The van der Waals surface area contributed by atoms with Gasteiger partial charge in [-0.1, -0.05) is 26.0 Å². The predicted molar refractivity (Wildman–Crippen MR) is 102 cm³/mol. The summed E-state index contributed by atoms with van der Waals surface area (Å²) < 4.78 is 12.0. The smallest absolute Gasteiger partial charge is 0.399 e. The van der Waals surface area contributed by atoms with Gasteiger partial charge >= 0.3 is 13.1 Å². The van der Waals surface area contributed by atoms with Crippen molar-refractivity contribution in [2.45, 2.75) is 59.2 Å². The lowest BCUT2D eigenvalue weighted by atomic mass is 9.79. The van der Waals surface area contributed by atoms with Crippen LogP contribution in [-0.4, -0.2) is 42.6 Å². The van der Waals surface area contributed by atoms with Crippen LogP contribution in [0.5, 0.6) is 0 Å². The Hall–Kier alpha value is -1.57. The van der Waals surface area contributed by atoms with E-state index in [9.17, 15) is 4.79 Å². The molecule has 1 heterocycles. The van der Waals surface area contributed by atoms with Gasteiger partial charge in [0.1, 0.15) is 0 Å². The molecule has 25 heavy (non-hydrogen) atoms. The molecular formula is C18H31BN2O4. The minimum atomic E-state index is -0.410. The van der Waals surface area contributed by atoms with Crippen molar-refractivity contribution >= 4 is 24.3 Å². The third-order valence-corrected chi connectivity index (χ3v) is 4.31. The lowest BCUT2D eigenvalue weighted by Crippen LogP contribution is -2.41. The fraction of sp³-hybridized carbons (Fsp3) is 0.611. The zero-order valence-electron chi connectivity index (χ0n) is 16.2. The van der Waals surface area contributed by atoms with Gasteiger partial charge in [-0.3, -0.25) is 0 Å². The standard InChI is InChI=1S/C16H25BN2O4.C2H6/c1-15(2)16(3,4)23-17(22-15)12-6-8-13(9-7-12)19-14(21)18-10-5-11-20;1-2/h6-9,20H,5,10-11H2,1-4H3,(H2,18,19,21);1-2H3. The summed E-state index contributed by atoms with van der Waals surface area (Å²) in [5.74, 6) is 0. The third kappa shape index (κ3) is 5.73. The van der Waals surface area contributed by atoms with Gasteiger partial charge in [0.05, 0.1) is 11.2 Å². The molecule has 1 aliphatic heterocycles. The van der Waals surface area contributed by atoms with E-state index in [1.54, 1.807) is 0 Å². The van der Waals surface area contributed by atoms with Crippen LogP contribution in [0.25, 0.3) is 0 Å². The van der Waals surface area contributed by atoms with Gasteiger partial charge < -0.3 is 25.0 Å². The number of rotatable bonds is 5. The third-order valence-electron chi connectivity index (χ3n) is 4.31. The van der Waals surface area contributed by atoms with Crippen LogP contribution in [0.3, 0.4) is 0 Å².